The van der Waals surface area contributed by atoms with Crippen LogP contribution in [0.4, 0.5) is 28.9 Å². The number of hydrogen-bond acceptors (Lipinski definition) is 4. The SMILES string of the molecule is CNc1ccc(-c2cc(COC)cc(C(=O)Nc3ccc(C(F)(F)F)cc3F)c2C(=O)O)cc1. The van der Waals surface area contributed by atoms with Gasteiger partial charge in [0.1, 0.15) is 5.82 Å². The average Bonchev–Trinajstić information content (AvgIpc) is 2.79. The Balaban J connectivity index is 2.09. The highest BCUT2D eigenvalue weighted by Crippen LogP contribution is 2.33. The Bertz CT molecular complexity index is 1220. The number of amides is 1. The van der Waals surface area contributed by atoms with Gasteiger partial charge in [0.25, 0.3) is 5.91 Å². The third kappa shape index (κ3) is 5.34. The van der Waals surface area contributed by atoms with Gasteiger partial charge in [0.05, 0.1) is 29.0 Å². The molecule has 0 saturated heterocycles. The molecule has 3 rings (SSSR count). The molecule has 0 spiro atoms. The molecule has 34 heavy (non-hydrogen) atoms. The number of benzene rings is 3. The van der Waals surface area contributed by atoms with Crippen LogP contribution < -0.4 is 10.6 Å². The van der Waals surface area contributed by atoms with E-state index in [0.717, 1.165) is 11.8 Å². The van der Waals surface area contributed by atoms with Gasteiger partial charge in [-0.1, -0.05) is 12.1 Å². The van der Waals surface area contributed by atoms with E-state index in [1.54, 1.807) is 37.4 Å². The van der Waals surface area contributed by atoms with E-state index in [0.29, 0.717) is 17.2 Å². The second kappa shape index (κ2) is 9.92. The molecule has 0 heterocycles. The molecule has 0 radical (unpaired) electrons. The predicted molar refractivity (Wildman–Crippen MR) is 118 cm³/mol. The fraction of sp³-hybridized carbons (Fsp3) is 0.167. The fourth-order valence-electron chi connectivity index (χ4n) is 3.39. The first-order valence-electron chi connectivity index (χ1n) is 9.90. The number of anilines is 2. The Kier molecular flexibility index (Phi) is 7.21. The van der Waals surface area contributed by atoms with E-state index >= 15 is 0 Å². The van der Waals surface area contributed by atoms with Crippen molar-refractivity contribution < 1.29 is 37.0 Å². The Morgan fingerprint density at radius 1 is 1.03 bits per heavy atom. The molecule has 3 aromatic rings. The molecule has 0 fully saturated rings. The molecule has 1 amide bonds. The van der Waals surface area contributed by atoms with Crippen LogP contribution in [0.1, 0.15) is 31.8 Å². The number of methoxy groups -OCH3 is 1. The number of alkyl halides is 3. The smallest absolute Gasteiger partial charge is 0.416 e. The third-order valence-corrected chi connectivity index (χ3v) is 5.00. The molecule has 0 aliphatic carbocycles. The van der Waals surface area contributed by atoms with Gasteiger partial charge < -0.3 is 20.5 Å². The summed E-state index contributed by atoms with van der Waals surface area (Å²) in [4.78, 5) is 25.2. The number of carboxylic acids is 1. The molecular weight excluding hydrogens is 456 g/mol. The molecule has 6 nitrogen and oxygen atoms in total. The van der Waals surface area contributed by atoms with E-state index in [-0.39, 0.29) is 29.4 Å². The second-order valence-corrected chi connectivity index (χ2v) is 7.28. The molecule has 178 valence electrons. The molecular formula is C24H20F4N2O4. The van der Waals surface area contributed by atoms with Crippen molar-refractivity contribution in [2.45, 2.75) is 12.8 Å². The summed E-state index contributed by atoms with van der Waals surface area (Å²) in [6, 6.07) is 11.3. The Hall–Kier alpha value is -3.92. The van der Waals surface area contributed by atoms with E-state index in [4.69, 9.17) is 4.74 Å². The standard InChI is InChI=1S/C24H20F4N2O4/c1-29-16-6-3-14(4-7-16)17-9-13(12-34-2)10-18(21(17)23(32)33)22(31)30-20-8-5-15(11-19(20)25)24(26,27)28/h3-11,29H,12H2,1-2H3,(H,30,31)(H,32,33). The average molecular weight is 476 g/mol. The zero-order valence-corrected chi connectivity index (χ0v) is 18.1. The van der Waals surface area contributed by atoms with Crippen molar-refractivity contribution in [1.29, 1.82) is 0 Å². The third-order valence-electron chi connectivity index (χ3n) is 5.00. The molecule has 0 aliphatic rings. The maximum atomic E-state index is 14.3. The lowest BCUT2D eigenvalue weighted by atomic mass is 9.92. The van der Waals surface area contributed by atoms with E-state index in [2.05, 4.69) is 10.6 Å². The Morgan fingerprint density at radius 2 is 1.71 bits per heavy atom. The van der Waals surface area contributed by atoms with Gasteiger partial charge in [0.15, 0.2) is 0 Å². The van der Waals surface area contributed by atoms with Gasteiger partial charge in [0, 0.05) is 19.8 Å². The molecule has 0 bridgehead atoms. The Labute approximate surface area is 192 Å². The van der Waals surface area contributed by atoms with Gasteiger partial charge in [-0.2, -0.15) is 13.2 Å². The number of carboxylic acid groups (broad SMARTS) is 1. The van der Waals surface area contributed by atoms with Crippen LogP contribution in [-0.2, 0) is 17.5 Å². The molecule has 0 atom stereocenters. The normalized spacial score (nSPS) is 11.2. The number of nitrogens with one attached hydrogen (secondary N) is 2. The van der Waals surface area contributed by atoms with Crippen LogP contribution in [0.15, 0.2) is 54.6 Å². The highest BCUT2D eigenvalue weighted by Gasteiger charge is 2.31. The lowest BCUT2D eigenvalue weighted by Crippen LogP contribution is -2.19. The van der Waals surface area contributed by atoms with Gasteiger partial charge in [-0.25, -0.2) is 9.18 Å². The fourth-order valence-corrected chi connectivity index (χ4v) is 3.39. The minimum absolute atomic E-state index is 0.0520. The quantitative estimate of drug-likeness (QED) is 0.384. The number of hydrogen-bond donors (Lipinski definition) is 3. The second-order valence-electron chi connectivity index (χ2n) is 7.28. The number of carbonyl (C=O) groups excluding carboxylic acids is 1. The summed E-state index contributed by atoms with van der Waals surface area (Å²) in [6.07, 6.45) is -4.76. The van der Waals surface area contributed by atoms with Crippen molar-refractivity contribution in [1.82, 2.24) is 0 Å². The maximum absolute atomic E-state index is 14.3. The van der Waals surface area contributed by atoms with Gasteiger partial charge >= 0.3 is 12.1 Å². The predicted octanol–water partition coefficient (Wildman–Crippen LogP) is 5.65. The largest absolute Gasteiger partial charge is 0.478 e. The summed E-state index contributed by atoms with van der Waals surface area (Å²) in [5.41, 5.74) is -0.402. The van der Waals surface area contributed by atoms with Crippen LogP contribution >= 0.6 is 0 Å². The molecule has 3 aromatic carbocycles. The van der Waals surface area contributed by atoms with Crippen molar-refractivity contribution >= 4 is 23.3 Å². The molecule has 10 heteroatoms. The lowest BCUT2D eigenvalue weighted by molar-refractivity contribution is -0.137. The number of halogens is 4. The van der Waals surface area contributed by atoms with E-state index < -0.39 is 35.1 Å². The highest BCUT2D eigenvalue weighted by atomic mass is 19.4. The minimum Gasteiger partial charge on any atom is -0.478 e. The van der Waals surface area contributed by atoms with Crippen LogP contribution in [0.5, 0.6) is 0 Å². The first-order valence-corrected chi connectivity index (χ1v) is 9.90. The van der Waals surface area contributed by atoms with Crippen molar-refractivity contribution in [2.75, 3.05) is 24.8 Å². The molecule has 0 aliphatic heterocycles. The van der Waals surface area contributed by atoms with Gasteiger partial charge in [-0.15, -0.1) is 0 Å². The summed E-state index contributed by atoms with van der Waals surface area (Å²) in [5, 5.41) is 15.0. The van der Waals surface area contributed by atoms with Crippen molar-refractivity contribution in [3.8, 4) is 11.1 Å². The van der Waals surface area contributed by atoms with Crippen LogP contribution in [0.25, 0.3) is 11.1 Å². The zero-order valence-electron chi connectivity index (χ0n) is 18.1. The van der Waals surface area contributed by atoms with Gasteiger partial charge in [0.2, 0.25) is 0 Å². The topological polar surface area (TPSA) is 87.7 Å². The summed E-state index contributed by atoms with van der Waals surface area (Å²) in [6.45, 7) is 0.0520. The number of carbonyl (C=O) groups is 2. The van der Waals surface area contributed by atoms with Gasteiger partial charge in [-0.05, 0) is 59.2 Å². The highest BCUT2D eigenvalue weighted by molar-refractivity contribution is 6.13. The molecule has 3 N–H and O–H groups in total. The summed E-state index contributed by atoms with van der Waals surface area (Å²) >= 11 is 0. The summed E-state index contributed by atoms with van der Waals surface area (Å²) in [7, 11) is 3.14. The van der Waals surface area contributed by atoms with Crippen LogP contribution in [0.2, 0.25) is 0 Å². The number of rotatable bonds is 7. The zero-order chi connectivity index (χ0) is 25.0. The van der Waals surface area contributed by atoms with Crippen molar-refractivity contribution in [2.24, 2.45) is 0 Å². The summed E-state index contributed by atoms with van der Waals surface area (Å²) in [5.74, 6) is -3.72. The van der Waals surface area contributed by atoms with Crippen LogP contribution in [0, 0.1) is 5.82 Å². The van der Waals surface area contributed by atoms with Crippen molar-refractivity contribution in [3.05, 3.63) is 82.7 Å². The van der Waals surface area contributed by atoms with E-state index in [9.17, 15) is 32.3 Å². The number of ether oxygens (including phenoxy) is 1. The number of aromatic carboxylic acids is 1. The van der Waals surface area contributed by atoms with E-state index in [1.165, 1.54) is 13.2 Å². The summed E-state index contributed by atoms with van der Waals surface area (Å²) < 4.78 is 57.8. The molecule has 0 saturated carbocycles. The maximum Gasteiger partial charge on any atom is 0.416 e. The van der Waals surface area contributed by atoms with E-state index in [1.807, 2.05) is 0 Å². The monoisotopic (exact) mass is 476 g/mol. The Morgan fingerprint density at radius 3 is 2.24 bits per heavy atom. The molecule has 0 aromatic heterocycles. The first kappa shape index (κ1) is 24.7. The minimum atomic E-state index is -4.76. The lowest BCUT2D eigenvalue weighted by Gasteiger charge is -2.16. The van der Waals surface area contributed by atoms with Crippen LogP contribution in [-0.4, -0.2) is 31.1 Å². The van der Waals surface area contributed by atoms with Crippen LogP contribution in [0.3, 0.4) is 0 Å². The first-order chi connectivity index (χ1) is 16.0. The van der Waals surface area contributed by atoms with Gasteiger partial charge in [-0.3, -0.25) is 4.79 Å². The van der Waals surface area contributed by atoms with Crippen molar-refractivity contribution in [3.63, 3.8) is 0 Å². The molecule has 0 unspecified atom stereocenters.